The summed E-state index contributed by atoms with van der Waals surface area (Å²) in [7, 11) is 0. The summed E-state index contributed by atoms with van der Waals surface area (Å²) < 4.78 is 5.40. The van der Waals surface area contributed by atoms with E-state index in [9.17, 15) is 0 Å². The summed E-state index contributed by atoms with van der Waals surface area (Å²) in [5.41, 5.74) is 2.83. The van der Waals surface area contributed by atoms with E-state index in [0.29, 0.717) is 6.04 Å². The summed E-state index contributed by atoms with van der Waals surface area (Å²) in [6, 6.07) is 9.13. The fourth-order valence-electron chi connectivity index (χ4n) is 3.64. The highest BCUT2D eigenvalue weighted by atomic mass is 127. The third-order valence-electron chi connectivity index (χ3n) is 5.14. The number of halogens is 1. The second kappa shape index (κ2) is 11.7. The fraction of sp³-hybridized carbons (Fsp3) is 0.650. The number of anilines is 1. The maximum Gasteiger partial charge on any atom is 0.191 e. The van der Waals surface area contributed by atoms with E-state index in [2.05, 4.69) is 58.5 Å². The van der Waals surface area contributed by atoms with E-state index in [1.807, 2.05) is 0 Å². The normalized spacial score (nSPS) is 18.6. The van der Waals surface area contributed by atoms with Crippen LogP contribution in [0.15, 0.2) is 29.3 Å². The summed E-state index contributed by atoms with van der Waals surface area (Å²) in [6.07, 6.45) is 1.14. The highest BCUT2D eigenvalue weighted by molar-refractivity contribution is 14.0. The van der Waals surface area contributed by atoms with Gasteiger partial charge in [-0.1, -0.05) is 18.2 Å². The minimum atomic E-state index is 0. The van der Waals surface area contributed by atoms with Crippen molar-refractivity contribution in [3.05, 3.63) is 29.8 Å². The minimum absolute atomic E-state index is 0. The Labute approximate surface area is 180 Å². The van der Waals surface area contributed by atoms with Crippen LogP contribution in [0.1, 0.15) is 19.4 Å². The van der Waals surface area contributed by atoms with Gasteiger partial charge in [0.15, 0.2) is 5.96 Å². The highest BCUT2D eigenvalue weighted by Gasteiger charge is 2.22. The Balaban J connectivity index is 0.00000261. The van der Waals surface area contributed by atoms with Crippen LogP contribution in [0.3, 0.4) is 0 Å². The molecule has 1 saturated heterocycles. The number of benzene rings is 1. The molecular formula is C20H34IN5O. The van der Waals surface area contributed by atoms with Crippen LogP contribution in [0.2, 0.25) is 0 Å². The maximum atomic E-state index is 5.40. The van der Waals surface area contributed by atoms with E-state index in [0.717, 1.165) is 71.4 Å². The quantitative estimate of drug-likeness (QED) is 0.350. The lowest BCUT2D eigenvalue weighted by molar-refractivity contribution is 0.0389. The number of guanidine groups is 1. The summed E-state index contributed by atoms with van der Waals surface area (Å²) in [5, 5.41) is 6.83. The van der Waals surface area contributed by atoms with Crippen molar-refractivity contribution in [3.8, 4) is 0 Å². The lowest BCUT2D eigenvalue weighted by Gasteiger charge is -2.27. The molecule has 1 aromatic rings. The third kappa shape index (κ3) is 6.50. The first kappa shape index (κ1) is 22.2. The van der Waals surface area contributed by atoms with Crippen molar-refractivity contribution >= 4 is 35.6 Å². The molecule has 152 valence electrons. The molecule has 0 radical (unpaired) electrons. The first-order chi connectivity index (χ1) is 12.8. The standard InChI is InChI=1S/C20H33N5O.HI/c1-3-21-20(22-9-11-24-12-14-26-15-13-24)23-16-17(2)25-10-8-18-6-4-5-7-19(18)25;/h4-7,17H,3,8-16H2,1-2H3,(H2,21,22,23);1H. The van der Waals surface area contributed by atoms with Crippen LogP contribution in [-0.4, -0.2) is 75.9 Å². The second-order valence-electron chi connectivity index (χ2n) is 7.02. The molecule has 2 aliphatic heterocycles. The Morgan fingerprint density at radius 3 is 2.74 bits per heavy atom. The van der Waals surface area contributed by atoms with Crippen molar-refractivity contribution in [2.75, 3.05) is 63.9 Å². The van der Waals surface area contributed by atoms with Crippen molar-refractivity contribution in [2.24, 2.45) is 4.99 Å². The fourth-order valence-corrected chi connectivity index (χ4v) is 3.64. The van der Waals surface area contributed by atoms with Crippen LogP contribution < -0.4 is 15.5 Å². The number of nitrogens with one attached hydrogen (secondary N) is 2. The van der Waals surface area contributed by atoms with E-state index >= 15 is 0 Å². The van der Waals surface area contributed by atoms with E-state index in [4.69, 9.17) is 9.73 Å². The number of para-hydroxylation sites is 1. The zero-order chi connectivity index (χ0) is 18.2. The molecule has 3 rings (SSSR count). The molecule has 0 spiro atoms. The molecule has 2 N–H and O–H groups in total. The van der Waals surface area contributed by atoms with Crippen molar-refractivity contribution < 1.29 is 4.74 Å². The smallest absolute Gasteiger partial charge is 0.191 e. The minimum Gasteiger partial charge on any atom is -0.379 e. The predicted molar refractivity (Wildman–Crippen MR) is 124 cm³/mol. The molecule has 27 heavy (non-hydrogen) atoms. The van der Waals surface area contributed by atoms with Crippen molar-refractivity contribution in [2.45, 2.75) is 26.3 Å². The van der Waals surface area contributed by atoms with Gasteiger partial charge in [0.2, 0.25) is 0 Å². The lowest BCUT2D eigenvalue weighted by atomic mass is 10.2. The van der Waals surface area contributed by atoms with Crippen LogP contribution in [0.4, 0.5) is 5.69 Å². The van der Waals surface area contributed by atoms with Gasteiger partial charge in [0.1, 0.15) is 0 Å². The van der Waals surface area contributed by atoms with Crippen molar-refractivity contribution in [3.63, 3.8) is 0 Å². The lowest BCUT2D eigenvalue weighted by Crippen LogP contribution is -2.45. The first-order valence-corrected chi connectivity index (χ1v) is 9.94. The summed E-state index contributed by atoms with van der Waals surface area (Å²) in [4.78, 5) is 9.74. The highest BCUT2D eigenvalue weighted by Crippen LogP contribution is 2.29. The van der Waals surface area contributed by atoms with Gasteiger partial charge in [0.05, 0.1) is 19.8 Å². The van der Waals surface area contributed by atoms with Gasteiger partial charge in [-0.25, -0.2) is 0 Å². The molecule has 2 aliphatic rings. The van der Waals surface area contributed by atoms with Crippen LogP contribution >= 0.6 is 24.0 Å². The Bertz CT molecular complexity index is 591. The van der Waals surface area contributed by atoms with E-state index < -0.39 is 0 Å². The molecule has 1 fully saturated rings. The number of hydrogen-bond donors (Lipinski definition) is 2. The van der Waals surface area contributed by atoms with Crippen molar-refractivity contribution in [1.82, 2.24) is 15.5 Å². The number of ether oxygens (including phenoxy) is 1. The van der Waals surface area contributed by atoms with Crippen LogP contribution in [0, 0.1) is 0 Å². The summed E-state index contributed by atoms with van der Waals surface area (Å²) >= 11 is 0. The Kier molecular flexibility index (Phi) is 9.64. The molecule has 0 bridgehead atoms. The molecule has 0 saturated carbocycles. The van der Waals surface area contributed by atoms with Crippen molar-refractivity contribution in [1.29, 1.82) is 0 Å². The molecule has 1 aromatic carbocycles. The monoisotopic (exact) mass is 487 g/mol. The van der Waals surface area contributed by atoms with Gasteiger partial charge < -0.3 is 20.3 Å². The summed E-state index contributed by atoms with van der Waals surface area (Å²) in [5.74, 6) is 0.917. The van der Waals surface area contributed by atoms with E-state index in [1.165, 1.54) is 11.3 Å². The molecule has 7 heteroatoms. The first-order valence-electron chi connectivity index (χ1n) is 9.94. The maximum absolute atomic E-state index is 5.40. The van der Waals surface area contributed by atoms with Crippen LogP contribution in [0.25, 0.3) is 0 Å². The number of morpholine rings is 1. The van der Waals surface area contributed by atoms with Gasteiger partial charge in [0, 0.05) is 51.0 Å². The zero-order valence-electron chi connectivity index (χ0n) is 16.6. The van der Waals surface area contributed by atoms with E-state index in [1.54, 1.807) is 0 Å². The van der Waals surface area contributed by atoms with E-state index in [-0.39, 0.29) is 24.0 Å². The average Bonchev–Trinajstić information content (AvgIpc) is 3.11. The topological polar surface area (TPSA) is 52.1 Å². The molecule has 1 atom stereocenters. The SMILES string of the molecule is CCNC(=NCC(C)N1CCc2ccccc21)NCCN1CCOCC1.I. The van der Waals surface area contributed by atoms with Gasteiger partial charge in [-0.05, 0) is 31.9 Å². The predicted octanol–water partition coefficient (Wildman–Crippen LogP) is 1.94. The van der Waals surface area contributed by atoms with Gasteiger partial charge in [-0.15, -0.1) is 24.0 Å². The van der Waals surface area contributed by atoms with Gasteiger partial charge >= 0.3 is 0 Å². The molecule has 0 aliphatic carbocycles. The third-order valence-corrected chi connectivity index (χ3v) is 5.14. The second-order valence-corrected chi connectivity index (χ2v) is 7.02. The number of fused-ring (bicyclic) bond motifs is 1. The number of rotatable bonds is 7. The van der Waals surface area contributed by atoms with Gasteiger partial charge in [-0.2, -0.15) is 0 Å². The van der Waals surface area contributed by atoms with Crippen LogP contribution in [0.5, 0.6) is 0 Å². The van der Waals surface area contributed by atoms with Gasteiger partial charge in [0.25, 0.3) is 0 Å². The molecule has 6 nitrogen and oxygen atoms in total. The van der Waals surface area contributed by atoms with Gasteiger partial charge in [-0.3, -0.25) is 9.89 Å². The zero-order valence-corrected chi connectivity index (χ0v) is 18.9. The molecule has 0 amide bonds. The average molecular weight is 487 g/mol. The molecule has 2 heterocycles. The number of aliphatic imine (C=N–C) groups is 1. The Hall–Kier alpha value is -1.06. The molecule has 1 unspecified atom stereocenters. The Morgan fingerprint density at radius 2 is 1.96 bits per heavy atom. The Morgan fingerprint density at radius 1 is 1.19 bits per heavy atom. The summed E-state index contributed by atoms with van der Waals surface area (Å²) in [6.45, 7) is 12.8. The molecular weight excluding hydrogens is 453 g/mol. The number of hydrogen-bond acceptors (Lipinski definition) is 4. The number of nitrogens with zero attached hydrogens (tertiary/aromatic N) is 3. The van der Waals surface area contributed by atoms with Crippen LogP contribution in [-0.2, 0) is 11.2 Å². The largest absolute Gasteiger partial charge is 0.379 e. The molecule has 0 aromatic heterocycles.